The number of anilines is 1. The summed E-state index contributed by atoms with van der Waals surface area (Å²) < 4.78 is 5.57. The van der Waals surface area contributed by atoms with Crippen LogP contribution in [-0.4, -0.2) is 31.8 Å². The van der Waals surface area contributed by atoms with Crippen molar-refractivity contribution in [3.05, 3.63) is 52.5 Å². The Kier molecular flexibility index (Phi) is 4.28. The van der Waals surface area contributed by atoms with E-state index < -0.39 is 0 Å². The van der Waals surface area contributed by atoms with Gasteiger partial charge in [0.05, 0.1) is 36.0 Å². The van der Waals surface area contributed by atoms with E-state index in [1.165, 1.54) is 18.4 Å². The van der Waals surface area contributed by atoms with Crippen molar-refractivity contribution in [2.75, 3.05) is 5.73 Å². The van der Waals surface area contributed by atoms with E-state index >= 15 is 0 Å². The SMILES string of the molecule is C[C@H](c1ccc(C2CC2)cn1)N(C(=O)c1cc2nc(N)c3c(c2[nH]1)COC3)C1CCC1. The minimum atomic E-state index is -0.0930. The van der Waals surface area contributed by atoms with Gasteiger partial charge in [-0.15, -0.1) is 0 Å². The fraction of sp³-hybridized carbons (Fsp3) is 0.458. The smallest absolute Gasteiger partial charge is 0.271 e. The third-order valence-electron chi connectivity index (χ3n) is 7.14. The molecule has 3 N–H and O–H groups in total. The maximum absolute atomic E-state index is 13.7. The molecule has 0 radical (unpaired) electrons. The number of H-pyrrole nitrogens is 1. The highest BCUT2D eigenvalue weighted by atomic mass is 16.5. The minimum Gasteiger partial charge on any atom is -0.383 e. The van der Waals surface area contributed by atoms with Crippen LogP contribution >= 0.6 is 0 Å². The number of rotatable bonds is 5. The summed E-state index contributed by atoms with van der Waals surface area (Å²) in [5.41, 5.74) is 12.4. The Bertz CT molecular complexity index is 1160. The third kappa shape index (κ3) is 3.10. The number of hydrogen-bond donors (Lipinski definition) is 2. The van der Waals surface area contributed by atoms with E-state index in [2.05, 4.69) is 29.0 Å². The summed E-state index contributed by atoms with van der Waals surface area (Å²) in [6.45, 7) is 3.05. The maximum Gasteiger partial charge on any atom is 0.271 e. The Labute approximate surface area is 181 Å². The van der Waals surface area contributed by atoms with Crippen molar-refractivity contribution < 1.29 is 9.53 Å². The molecule has 0 spiro atoms. The largest absolute Gasteiger partial charge is 0.383 e. The zero-order valence-electron chi connectivity index (χ0n) is 17.7. The topological polar surface area (TPSA) is 97.1 Å². The molecule has 0 unspecified atom stereocenters. The molecule has 31 heavy (non-hydrogen) atoms. The zero-order chi connectivity index (χ0) is 21.1. The van der Waals surface area contributed by atoms with Crippen molar-refractivity contribution >= 4 is 22.8 Å². The molecule has 7 heteroatoms. The van der Waals surface area contributed by atoms with Crippen molar-refractivity contribution in [1.82, 2.24) is 19.9 Å². The molecule has 0 aromatic carbocycles. The van der Waals surface area contributed by atoms with E-state index in [9.17, 15) is 4.79 Å². The fourth-order valence-corrected chi connectivity index (χ4v) is 4.88. The number of nitrogen functional groups attached to an aromatic ring is 1. The molecular formula is C24H27N5O2. The summed E-state index contributed by atoms with van der Waals surface area (Å²) in [5.74, 6) is 1.16. The van der Waals surface area contributed by atoms with Crippen molar-refractivity contribution in [3.8, 4) is 0 Å². The van der Waals surface area contributed by atoms with Gasteiger partial charge in [-0.3, -0.25) is 9.78 Å². The number of aromatic nitrogens is 3. The van der Waals surface area contributed by atoms with Crippen molar-refractivity contribution in [2.45, 2.75) is 70.2 Å². The van der Waals surface area contributed by atoms with Crippen LogP contribution in [0.15, 0.2) is 24.4 Å². The highest BCUT2D eigenvalue weighted by Gasteiger charge is 2.35. The fourth-order valence-electron chi connectivity index (χ4n) is 4.88. The van der Waals surface area contributed by atoms with Crippen LogP contribution in [0.25, 0.3) is 11.0 Å². The van der Waals surface area contributed by atoms with E-state index in [1.54, 1.807) is 0 Å². The highest BCUT2D eigenvalue weighted by molar-refractivity contribution is 5.98. The molecule has 1 atom stereocenters. The quantitative estimate of drug-likeness (QED) is 0.648. The lowest BCUT2D eigenvalue weighted by molar-refractivity contribution is 0.0450. The van der Waals surface area contributed by atoms with Gasteiger partial charge in [0, 0.05) is 23.4 Å². The number of nitrogens with one attached hydrogen (secondary N) is 1. The summed E-state index contributed by atoms with van der Waals surface area (Å²) >= 11 is 0. The van der Waals surface area contributed by atoms with Crippen LogP contribution in [0.4, 0.5) is 5.82 Å². The third-order valence-corrected chi connectivity index (χ3v) is 7.14. The second kappa shape index (κ2) is 7.05. The first-order valence-corrected chi connectivity index (χ1v) is 11.3. The van der Waals surface area contributed by atoms with Crippen molar-refractivity contribution in [2.24, 2.45) is 0 Å². The molecule has 0 bridgehead atoms. The molecule has 2 aliphatic carbocycles. The molecule has 3 aliphatic rings. The molecule has 3 aromatic heterocycles. The van der Waals surface area contributed by atoms with E-state index in [0.717, 1.165) is 47.1 Å². The van der Waals surface area contributed by atoms with Crippen LogP contribution in [0.1, 0.15) is 83.9 Å². The minimum absolute atomic E-state index is 0.00509. The highest BCUT2D eigenvalue weighted by Crippen LogP contribution is 2.40. The summed E-state index contributed by atoms with van der Waals surface area (Å²) in [6.07, 6.45) is 7.74. The number of carbonyl (C=O) groups excluding carboxylic acids is 1. The Morgan fingerprint density at radius 2 is 2.03 bits per heavy atom. The number of nitrogens with zero attached hydrogens (tertiary/aromatic N) is 3. The predicted octanol–water partition coefficient (Wildman–Crippen LogP) is 4.20. The second-order valence-corrected chi connectivity index (χ2v) is 9.15. The molecule has 7 nitrogen and oxygen atoms in total. The standard InChI is InChI=1S/C24H27N5O2/c1-13(19-8-7-15(10-26-19)14-5-6-14)29(16-3-2-4-16)24(30)21-9-20-22(27-21)17-11-31-12-18(17)23(25)28-20/h7-10,13-14,16,27H,2-6,11-12H2,1H3,(H2,25,28)/t13-/m1/s1. The summed E-state index contributed by atoms with van der Waals surface area (Å²) in [5, 5.41) is 0. The number of pyridine rings is 2. The molecule has 160 valence electrons. The van der Waals surface area contributed by atoms with Crippen molar-refractivity contribution in [1.29, 1.82) is 0 Å². The predicted molar refractivity (Wildman–Crippen MR) is 117 cm³/mol. The Morgan fingerprint density at radius 1 is 1.23 bits per heavy atom. The van der Waals surface area contributed by atoms with E-state index in [0.29, 0.717) is 30.6 Å². The lowest BCUT2D eigenvalue weighted by Gasteiger charge is -2.41. The van der Waals surface area contributed by atoms with Crippen LogP contribution in [0.5, 0.6) is 0 Å². The van der Waals surface area contributed by atoms with Crippen LogP contribution < -0.4 is 5.73 Å². The molecule has 6 rings (SSSR count). The number of ether oxygens (including phenoxy) is 1. The van der Waals surface area contributed by atoms with Gasteiger partial charge in [-0.2, -0.15) is 0 Å². The molecule has 3 aromatic rings. The number of fused-ring (bicyclic) bond motifs is 3. The number of carbonyl (C=O) groups is 1. The average Bonchev–Trinajstić information content (AvgIpc) is 3.30. The van der Waals surface area contributed by atoms with Gasteiger partial charge in [0.1, 0.15) is 11.5 Å². The molecule has 2 saturated carbocycles. The summed E-state index contributed by atoms with van der Waals surface area (Å²) in [4.78, 5) is 28.3. The van der Waals surface area contributed by atoms with Gasteiger partial charge >= 0.3 is 0 Å². The van der Waals surface area contributed by atoms with Crippen LogP contribution in [0, 0.1) is 0 Å². The lowest BCUT2D eigenvalue weighted by Crippen LogP contribution is -2.46. The van der Waals surface area contributed by atoms with E-state index in [-0.39, 0.29) is 18.0 Å². The lowest BCUT2D eigenvalue weighted by atomic mass is 9.89. The molecule has 1 amide bonds. The first-order chi connectivity index (χ1) is 15.1. The van der Waals surface area contributed by atoms with Crippen molar-refractivity contribution in [3.63, 3.8) is 0 Å². The molecule has 2 fully saturated rings. The van der Waals surface area contributed by atoms with Gasteiger partial charge in [0.25, 0.3) is 5.91 Å². The maximum atomic E-state index is 13.7. The van der Waals surface area contributed by atoms with Gasteiger partial charge in [-0.05, 0) is 62.6 Å². The van der Waals surface area contributed by atoms with Gasteiger partial charge in [-0.25, -0.2) is 4.98 Å². The van der Waals surface area contributed by atoms with Gasteiger partial charge in [0.15, 0.2) is 0 Å². The number of nitrogens with two attached hydrogens (primary N) is 1. The second-order valence-electron chi connectivity index (χ2n) is 9.15. The Morgan fingerprint density at radius 3 is 2.71 bits per heavy atom. The van der Waals surface area contributed by atoms with Crippen LogP contribution in [0.3, 0.4) is 0 Å². The van der Waals surface area contributed by atoms with E-state index in [1.807, 2.05) is 17.2 Å². The van der Waals surface area contributed by atoms with E-state index in [4.69, 9.17) is 15.5 Å². The summed E-state index contributed by atoms with van der Waals surface area (Å²) in [6, 6.07) is 6.25. The Hall–Kier alpha value is -2.93. The molecule has 4 heterocycles. The molecular weight excluding hydrogens is 390 g/mol. The van der Waals surface area contributed by atoms with Crippen LogP contribution in [-0.2, 0) is 18.0 Å². The molecule has 0 saturated heterocycles. The number of hydrogen-bond acceptors (Lipinski definition) is 5. The number of aromatic amines is 1. The first-order valence-electron chi connectivity index (χ1n) is 11.3. The monoisotopic (exact) mass is 417 g/mol. The average molecular weight is 418 g/mol. The number of amides is 1. The molecule has 1 aliphatic heterocycles. The first kappa shape index (κ1) is 18.8. The Balaban J connectivity index is 1.34. The zero-order valence-corrected chi connectivity index (χ0v) is 17.7. The van der Waals surface area contributed by atoms with Gasteiger partial charge in [-0.1, -0.05) is 6.07 Å². The normalized spacial score (nSPS) is 19.3. The summed E-state index contributed by atoms with van der Waals surface area (Å²) in [7, 11) is 0. The van der Waals surface area contributed by atoms with Gasteiger partial charge < -0.3 is 20.4 Å². The van der Waals surface area contributed by atoms with Gasteiger partial charge in [0.2, 0.25) is 0 Å². The van der Waals surface area contributed by atoms with Crippen LogP contribution in [0.2, 0.25) is 0 Å².